The molecule has 2 heterocycles. The number of fused-ring (bicyclic) bond motifs is 3. The fraction of sp³-hybridized carbons (Fsp3) is 0.0294. The zero-order valence-electron chi connectivity index (χ0n) is 21.1. The Labute approximate surface area is 240 Å². The number of para-hydroxylation sites is 3. The molecule has 1 aliphatic rings. The number of pyridine rings is 1. The molecule has 0 fully saturated rings. The lowest BCUT2D eigenvalue weighted by atomic mass is 9.97. The van der Waals surface area contributed by atoms with E-state index in [1.165, 1.54) is 9.79 Å². The Morgan fingerprint density at radius 1 is 0.667 bits per heavy atom. The molecule has 5 aromatic carbocycles. The smallest absolute Gasteiger partial charge is 0.118 e. The molecule has 0 saturated heterocycles. The first-order chi connectivity index (χ1) is 19.2. The van der Waals surface area contributed by atoms with Gasteiger partial charge in [-0.3, -0.25) is 0 Å². The van der Waals surface area contributed by atoms with Crippen LogP contribution in [-0.4, -0.2) is 12.1 Å². The molecule has 5 heteroatoms. The second-order valence-electron chi connectivity index (χ2n) is 9.34. The molecule has 6 aromatic rings. The maximum Gasteiger partial charge on any atom is 0.118 e. The number of hydrogen-bond acceptors (Lipinski definition) is 4. The standard InChI is InChI=1S/C34H23BrN2OS/c1-38-25-19-15-22(16-20-25)27-21-28(23-13-17-24(35)18-14-23)36-34-26(27)7-6-10-31(34)37-29-8-2-4-11-32(29)39-33-12-5-3-9-30(33)37/h2-21H,1H3. The molecule has 0 atom stereocenters. The van der Waals surface area contributed by atoms with E-state index in [2.05, 4.69) is 130 Å². The van der Waals surface area contributed by atoms with Crippen molar-refractivity contribution in [3.05, 3.63) is 126 Å². The molecule has 0 amide bonds. The molecule has 0 bridgehead atoms. The Bertz CT molecular complexity index is 1790. The van der Waals surface area contributed by atoms with E-state index in [0.29, 0.717) is 0 Å². The summed E-state index contributed by atoms with van der Waals surface area (Å²) in [6.07, 6.45) is 0. The van der Waals surface area contributed by atoms with Gasteiger partial charge in [-0.05, 0) is 71.8 Å². The molecule has 0 spiro atoms. The first kappa shape index (κ1) is 24.0. The van der Waals surface area contributed by atoms with Gasteiger partial charge in [0.1, 0.15) is 5.75 Å². The van der Waals surface area contributed by atoms with Crippen LogP contribution in [0.3, 0.4) is 0 Å². The monoisotopic (exact) mass is 586 g/mol. The summed E-state index contributed by atoms with van der Waals surface area (Å²) in [5.41, 5.74) is 8.60. The number of rotatable bonds is 4. The van der Waals surface area contributed by atoms with Crippen molar-refractivity contribution < 1.29 is 4.74 Å². The van der Waals surface area contributed by atoms with Crippen LogP contribution >= 0.6 is 27.7 Å². The van der Waals surface area contributed by atoms with Crippen molar-refractivity contribution in [3.63, 3.8) is 0 Å². The van der Waals surface area contributed by atoms with Gasteiger partial charge in [0.25, 0.3) is 0 Å². The molecule has 1 aromatic heterocycles. The Kier molecular flexibility index (Phi) is 6.11. The molecule has 0 aliphatic carbocycles. The first-order valence-electron chi connectivity index (χ1n) is 12.7. The number of ether oxygens (including phenoxy) is 1. The van der Waals surface area contributed by atoms with E-state index >= 15 is 0 Å². The third-order valence-corrected chi connectivity index (χ3v) is 8.69. The van der Waals surface area contributed by atoms with Gasteiger partial charge in [0.2, 0.25) is 0 Å². The van der Waals surface area contributed by atoms with Gasteiger partial charge in [-0.15, -0.1) is 0 Å². The van der Waals surface area contributed by atoms with Crippen LogP contribution < -0.4 is 9.64 Å². The van der Waals surface area contributed by atoms with Crippen molar-refractivity contribution in [1.82, 2.24) is 4.98 Å². The molecule has 0 radical (unpaired) electrons. The van der Waals surface area contributed by atoms with E-state index in [1.54, 1.807) is 7.11 Å². The summed E-state index contributed by atoms with van der Waals surface area (Å²) in [5, 5.41) is 1.10. The predicted octanol–water partition coefficient (Wildman–Crippen LogP) is 10.3. The number of aromatic nitrogens is 1. The van der Waals surface area contributed by atoms with Crippen LogP contribution in [0.1, 0.15) is 0 Å². The first-order valence-corrected chi connectivity index (χ1v) is 14.3. The number of anilines is 3. The summed E-state index contributed by atoms with van der Waals surface area (Å²) in [6, 6.07) is 42.5. The average molecular weight is 588 g/mol. The minimum atomic E-state index is 0.838. The maximum atomic E-state index is 5.44. The van der Waals surface area contributed by atoms with Crippen LogP contribution in [0.15, 0.2) is 136 Å². The molecular weight excluding hydrogens is 564 g/mol. The molecular formula is C34H23BrN2OS. The van der Waals surface area contributed by atoms with Gasteiger partial charge in [-0.2, -0.15) is 0 Å². The lowest BCUT2D eigenvalue weighted by Gasteiger charge is -2.33. The highest BCUT2D eigenvalue weighted by Gasteiger charge is 2.26. The second-order valence-corrected chi connectivity index (χ2v) is 11.3. The Balaban J connectivity index is 1.53. The Hall–Kier alpha value is -4.06. The molecule has 3 nitrogen and oxygen atoms in total. The van der Waals surface area contributed by atoms with Gasteiger partial charge >= 0.3 is 0 Å². The third-order valence-electron chi connectivity index (χ3n) is 7.03. The van der Waals surface area contributed by atoms with Crippen molar-refractivity contribution >= 4 is 55.7 Å². The van der Waals surface area contributed by atoms with E-state index in [0.717, 1.165) is 60.6 Å². The van der Waals surface area contributed by atoms with Gasteiger partial charge < -0.3 is 9.64 Å². The summed E-state index contributed by atoms with van der Waals surface area (Å²) in [4.78, 5) is 10.1. The Morgan fingerprint density at radius 3 is 1.95 bits per heavy atom. The number of benzene rings is 5. The van der Waals surface area contributed by atoms with Crippen LogP contribution in [0.2, 0.25) is 0 Å². The zero-order valence-corrected chi connectivity index (χ0v) is 23.5. The highest BCUT2D eigenvalue weighted by atomic mass is 79.9. The summed E-state index contributed by atoms with van der Waals surface area (Å²) in [7, 11) is 1.70. The molecule has 0 saturated carbocycles. The minimum Gasteiger partial charge on any atom is -0.497 e. The fourth-order valence-electron chi connectivity index (χ4n) is 5.16. The SMILES string of the molecule is COc1ccc(-c2cc(-c3ccc(Br)cc3)nc3c(N4c5ccccc5Sc5ccccc54)cccc23)cc1. The highest BCUT2D eigenvalue weighted by molar-refractivity contribution is 9.10. The van der Waals surface area contributed by atoms with Crippen molar-refractivity contribution in [2.75, 3.05) is 12.0 Å². The van der Waals surface area contributed by atoms with Crippen molar-refractivity contribution in [3.8, 4) is 28.1 Å². The number of nitrogens with zero attached hydrogens (tertiary/aromatic N) is 2. The molecule has 39 heavy (non-hydrogen) atoms. The largest absolute Gasteiger partial charge is 0.497 e. The average Bonchev–Trinajstić information content (AvgIpc) is 2.99. The molecule has 0 unspecified atom stereocenters. The van der Waals surface area contributed by atoms with Gasteiger partial charge in [0, 0.05) is 25.2 Å². The maximum absolute atomic E-state index is 5.44. The van der Waals surface area contributed by atoms with Crippen LogP contribution in [0.25, 0.3) is 33.3 Å². The van der Waals surface area contributed by atoms with Crippen LogP contribution in [-0.2, 0) is 0 Å². The third kappa shape index (κ3) is 4.28. The van der Waals surface area contributed by atoms with E-state index in [1.807, 2.05) is 23.9 Å². The lowest BCUT2D eigenvalue weighted by molar-refractivity contribution is 0.415. The zero-order chi connectivity index (χ0) is 26.3. The van der Waals surface area contributed by atoms with Gasteiger partial charge in [-0.25, -0.2) is 4.98 Å². The van der Waals surface area contributed by atoms with Gasteiger partial charge in [-0.1, -0.05) is 88.4 Å². The minimum absolute atomic E-state index is 0.838. The molecule has 7 rings (SSSR count). The van der Waals surface area contributed by atoms with E-state index in [-0.39, 0.29) is 0 Å². The number of halogens is 1. The second kappa shape index (κ2) is 9.92. The van der Waals surface area contributed by atoms with Crippen LogP contribution in [0, 0.1) is 0 Å². The highest BCUT2D eigenvalue weighted by Crippen LogP contribution is 2.52. The van der Waals surface area contributed by atoms with Crippen LogP contribution in [0.5, 0.6) is 5.75 Å². The van der Waals surface area contributed by atoms with Gasteiger partial charge in [0.15, 0.2) is 0 Å². The summed E-state index contributed by atoms with van der Waals surface area (Å²) in [5.74, 6) is 0.838. The number of hydrogen-bond donors (Lipinski definition) is 0. The van der Waals surface area contributed by atoms with E-state index in [9.17, 15) is 0 Å². The topological polar surface area (TPSA) is 25.4 Å². The fourth-order valence-corrected chi connectivity index (χ4v) is 6.48. The van der Waals surface area contributed by atoms with Gasteiger partial charge in [0.05, 0.1) is 35.4 Å². The molecule has 188 valence electrons. The van der Waals surface area contributed by atoms with Crippen molar-refractivity contribution in [2.24, 2.45) is 0 Å². The number of methoxy groups -OCH3 is 1. The van der Waals surface area contributed by atoms with Crippen molar-refractivity contribution in [2.45, 2.75) is 9.79 Å². The quantitative estimate of drug-likeness (QED) is 0.205. The summed E-state index contributed by atoms with van der Waals surface area (Å²) in [6.45, 7) is 0. The normalized spacial score (nSPS) is 12.2. The van der Waals surface area contributed by atoms with E-state index < -0.39 is 0 Å². The summed E-state index contributed by atoms with van der Waals surface area (Å²) >= 11 is 5.39. The predicted molar refractivity (Wildman–Crippen MR) is 166 cm³/mol. The molecule has 0 N–H and O–H groups in total. The summed E-state index contributed by atoms with van der Waals surface area (Å²) < 4.78 is 6.48. The van der Waals surface area contributed by atoms with E-state index in [4.69, 9.17) is 9.72 Å². The van der Waals surface area contributed by atoms with Crippen LogP contribution in [0.4, 0.5) is 17.1 Å². The molecule has 1 aliphatic heterocycles. The lowest BCUT2D eigenvalue weighted by Crippen LogP contribution is -2.15. The van der Waals surface area contributed by atoms with Crippen molar-refractivity contribution in [1.29, 1.82) is 0 Å². The Morgan fingerprint density at radius 2 is 1.28 bits per heavy atom.